The molecule has 0 fully saturated rings. The number of anilines is 1. The van der Waals surface area contributed by atoms with Gasteiger partial charge in [-0.15, -0.1) is 11.3 Å². The van der Waals surface area contributed by atoms with Crippen molar-refractivity contribution in [3.05, 3.63) is 64.3 Å². The number of carbonyl (C=O) groups is 1. The number of rotatable bonds is 6. The summed E-state index contributed by atoms with van der Waals surface area (Å²) in [4.78, 5) is 13.3. The molecule has 0 aliphatic carbocycles. The SMILES string of the molecule is CCC(C)c1ccc(NC(=O)c2sc3cccc(F)c3c2COC)cc1. The van der Waals surface area contributed by atoms with Gasteiger partial charge in [0.1, 0.15) is 5.82 Å². The molecule has 3 nitrogen and oxygen atoms in total. The van der Waals surface area contributed by atoms with E-state index in [-0.39, 0.29) is 18.3 Å². The van der Waals surface area contributed by atoms with Gasteiger partial charge < -0.3 is 10.1 Å². The molecule has 3 rings (SSSR count). The van der Waals surface area contributed by atoms with E-state index in [0.29, 0.717) is 21.7 Å². The van der Waals surface area contributed by atoms with Crippen LogP contribution < -0.4 is 5.32 Å². The summed E-state index contributed by atoms with van der Waals surface area (Å²) in [5, 5.41) is 3.38. The molecule has 1 amide bonds. The lowest BCUT2D eigenvalue weighted by Gasteiger charge is -2.10. The number of hydrogen-bond acceptors (Lipinski definition) is 3. The highest BCUT2D eigenvalue weighted by Gasteiger charge is 2.20. The zero-order valence-corrected chi connectivity index (χ0v) is 16.0. The van der Waals surface area contributed by atoms with Crippen LogP contribution >= 0.6 is 11.3 Å². The van der Waals surface area contributed by atoms with Crippen LogP contribution in [0.25, 0.3) is 10.1 Å². The first-order chi connectivity index (χ1) is 12.5. The monoisotopic (exact) mass is 371 g/mol. The molecular weight excluding hydrogens is 349 g/mol. The normalized spacial score (nSPS) is 12.3. The number of nitrogens with one attached hydrogen (secondary N) is 1. The van der Waals surface area contributed by atoms with E-state index in [9.17, 15) is 9.18 Å². The van der Waals surface area contributed by atoms with Crippen molar-refractivity contribution in [2.75, 3.05) is 12.4 Å². The Bertz CT molecular complexity index is 918. The Hall–Kier alpha value is -2.24. The Morgan fingerprint density at radius 3 is 2.62 bits per heavy atom. The number of hydrogen-bond donors (Lipinski definition) is 1. The fourth-order valence-electron chi connectivity index (χ4n) is 2.95. The highest BCUT2D eigenvalue weighted by molar-refractivity contribution is 7.21. The van der Waals surface area contributed by atoms with E-state index in [2.05, 4.69) is 19.2 Å². The molecular formula is C21H22FNO2S. The molecule has 3 aromatic rings. The van der Waals surface area contributed by atoms with Gasteiger partial charge in [0.05, 0.1) is 11.5 Å². The molecule has 0 saturated carbocycles. The van der Waals surface area contributed by atoms with Crippen LogP contribution in [0.3, 0.4) is 0 Å². The second-order valence-corrected chi connectivity index (χ2v) is 7.39. The van der Waals surface area contributed by atoms with Crippen molar-refractivity contribution in [3.63, 3.8) is 0 Å². The summed E-state index contributed by atoms with van der Waals surface area (Å²) in [5.74, 6) is -0.0877. The number of methoxy groups -OCH3 is 1. The molecule has 0 spiro atoms. The van der Waals surface area contributed by atoms with Crippen LogP contribution in [0.4, 0.5) is 10.1 Å². The largest absolute Gasteiger partial charge is 0.380 e. The van der Waals surface area contributed by atoms with Crippen LogP contribution in [-0.2, 0) is 11.3 Å². The predicted molar refractivity (Wildman–Crippen MR) is 106 cm³/mol. The number of thiophene rings is 1. The fraction of sp³-hybridized carbons (Fsp3) is 0.286. The number of fused-ring (bicyclic) bond motifs is 1. The van der Waals surface area contributed by atoms with Crippen LogP contribution in [0.1, 0.15) is 47.0 Å². The summed E-state index contributed by atoms with van der Waals surface area (Å²) in [5.41, 5.74) is 2.57. The quantitative estimate of drug-likeness (QED) is 0.581. The molecule has 26 heavy (non-hydrogen) atoms. The van der Waals surface area contributed by atoms with Crippen molar-refractivity contribution in [3.8, 4) is 0 Å². The Morgan fingerprint density at radius 2 is 1.96 bits per heavy atom. The molecule has 0 saturated heterocycles. The summed E-state index contributed by atoms with van der Waals surface area (Å²) in [6, 6.07) is 12.8. The number of ether oxygens (including phenoxy) is 1. The minimum absolute atomic E-state index is 0.191. The highest BCUT2D eigenvalue weighted by atomic mass is 32.1. The molecule has 136 valence electrons. The van der Waals surface area contributed by atoms with Gasteiger partial charge in [0.25, 0.3) is 5.91 Å². The summed E-state index contributed by atoms with van der Waals surface area (Å²) >= 11 is 1.28. The van der Waals surface area contributed by atoms with Gasteiger partial charge in [-0.05, 0) is 42.2 Å². The second-order valence-electron chi connectivity index (χ2n) is 6.34. The molecule has 0 aliphatic heterocycles. The van der Waals surface area contributed by atoms with Crippen molar-refractivity contribution in [2.45, 2.75) is 32.8 Å². The van der Waals surface area contributed by atoms with Gasteiger partial charge >= 0.3 is 0 Å². The Morgan fingerprint density at radius 1 is 1.23 bits per heavy atom. The third-order valence-corrected chi connectivity index (χ3v) is 5.80. The molecule has 1 aromatic heterocycles. The van der Waals surface area contributed by atoms with Crippen LogP contribution in [-0.4, -0.2) is 13.0 Å². The van der Waals surface area contributed by atoms with Crippen molar-refractivity contribution < 1.29 is 13.9 Å². The van der Waals surface area contributed by atoms with Gasteiger partial charge in [-0.25, -0.2) is 4.39 Å². The van der Waals surface area contributed by atoms with E-state index in [4.69, 9.17) is 4.74 Å². The van der Waals surface area contributed by atoms with Gasteiger partial charge in [0, 0.05) is 28.4 Å². The van der Waals surface area contributed by atoms with Crippen LogP contribution in [0.2, 0.25) is 0 Å². The predicted octanol–water partition coefficient (Wildman–Crippen LogP) is 5.95. The zero-order chi connectivity index (χ0) is 18.7. The second kappa shape index (κ2) is 7.98. The summed E-state index contributed by atoms with van der Waals surface area (Å²) in [6.07, 6.45) is 1.07. The number of amides is 1. The first-order valence-corrected chi connectivity index (χ1v) is 9.47. The van der Waals surface area contributed by atoms with Crippen LogP contribution in [0.15, 0.2) is 42.5 Å². The topological polar surface area (TPSA) is 38.3 Å². The molecule has 1 heterocycles. The number of halogens is 1. The Kier molecular flexibility index (Phi) is 5.69. The zero-order valence-electron chi connectivity index (χ0n) is 15.1. The molecule has 0 bridgehead atoms. The van der Waals surface area contributed by atoms with Crippen LogP contribution in [0.5, 0.6) is 0 Å². The first-order valence-electron chi connectivity index (χ1n) is 8.65. The smallest absolute Gasteiger partial charge is 0.266 e. The minimum atomic E-state index is -0.331. The van der Waals surface area contributed by atoms with Crippen molar-refractivity contribution in [2.24, 2.45) is 0 Å². The molecule has 5 heteroatoms. The number of carbonyl (C=O) groups excluding carboxylic acids is 1. The summed E-state index contributed by atoms with van der Waals surface area (Å²) < 4.78 is 20.2. The average molecular weight is 371 g/mol. The Labute approximate surface area is 156 Å². The third kappa shape index (κ3) is 3.64. The molecule has 0 radical (unpaired) electrons. The van der Waals surface area contributed by atoms with Crippen molar-refractivity contribution in [1.82, 2.24) is 0 Å². The lowest BCUT2D eigenvalue weighted by molar-refractivity contribution is 0.102. The molecule has 0 aliphatic rings. The van der Waals surface area contributed by atoms with Gasteiger partial charge in [-0.3, -0.25) is 4.79 Å². The molecule has 1 atom stereocenters. The van der Waals surface area contributed by atoms with Gasteiger partial charge in [0.15, 0.2) is 0 Å². The fourth-order valence-corrected chi connectivity index (χ4v) is 4.07. The van der Waals surface area contributed by atoms with Crippen molar-refractivity contribution >= 4 is 33.0 Å². The van der Waals surface area contributed by atoms with E-state index in [1.807, 2.05) is 30.3 Å². The van der Waals surface area contributed by atoms with Gasteiger partial charge in [-0.2, -0.15) is 0 Å². The molecule has 1 unspecified atom stereocenters. The van der Waals surface area contributed by atoms with Crippen molar-refractivity contribution in [1.29, 1.82) is 0 Å². The lowest BCUT2D eigenvalue weighted by Crippen LogP contribution is -2.12. The average Bonchev–Trinajstić information content (AvgIpc) is 3.02. The molecule has 1 N–H and O–H groups in total. The molecule has 2 aromatic carbocycles. The maximum atomic E-state index is 14.2. The standard InChI is InChI=1S/C21H22FNO2S/c1-4-13(2)14-8-10-15(11-9-14)23-21(24)20-16(12-25-3)19-17(22)6-5-7-18(19)26-20/h5-11,13H,4,12H2,1-3H3,(H,23,24). The lowest BCUT2D eigenvalue weighted by atomic mass is 9.99. The van der Waals surface area contributed by atoms with E-state index < -0.39 is 0 Å². The Balaban J connectivity index is 1.90. The highest BCUT2D eigenvalue weighted by Crippen LogP contribution is 2.34. The third-order valence-electron chi connectivity index (χ3n) is 4.61. The minimum Gasteiger partial charge on any atom is -0.380 e. The van der Waals surface area contributed by atoms with Gasteiger partial charge in [0.2, 0.25) is 0 Å². The number of benzene rings is 2. The summed E-state index contributed by atoms with van der Waals surface area (Å²) in [6.45, 7) is 4.52. The van der Waals surface area contributed by atoms with E-state index >= 15 is 0 Å². The van der Waals surface area contributed by atoms with Crippen LogP contribution in [0, 0.1) is 5.82 Å². The summed E-state index contributed by atoms with van der Waals surface area (Å²) in [7, 11) is 1.54. The maximum absolute atomic E-state index is 14.2. The van der Waals surface area contributed by atoms with Gasteiger partial charge in [-0.1, -0.05) is 32.0 Å². The van der Waals surface area contributed by atoms with E-state index in [1.54, 1.807) is 13.2 Å². The van der Waals surface area contributed by atoms with E-state index in [0.717, 1.165) is 16.8 Å². The maximum Gasteiger partial charge on any atom is 0.266 e. The first kappa shape index (κ1) is 18.5. The van der Waals surface area contributed by atoms with E-state index in [1.165, 1.54) is 23.0 Å².